The molecule has 0 fully saturated rings. The van der Waals surface area contributed by atoms with Crippen molar-refractivity contribution in [3.05, 3.63) is 83.8 Å². The summed E-state index contributed by atoms with van der Waals surface area (Å²) in [4.78, 5) is 0. The van der Waals surface area contributed by atoms with Crippen LogP contribution in [0.1, 0.15) is 18.1 Å². The van der Waals surface area contributed by atoms with E-state index in [-0.39, 0.29) is 22.5 Å². The van der Waals surface area contributed by atoms with Gasteiger partial charge < -0.3 is 11.5 Å². The molecule has 0 spiro atoms. The van der Waals surface area contributed by atoms with Gasteiger partial charge in [-0.05, 0) is 60.5 Å². The molecule has 0 aliphatic rings. The molecule has 1 atom stereocenters. The molecule has 0 amide bonds. The van der Waals surface area contributed by atoms with Crippen LogP contribution in [0.15, 0.2) is 66.9 Å². The fraction of sp³-hybridized carbons (Fsp3) is 0.136. The Kier molecular flexibility index (Phi) is 4.45. The SMILES string of the molecule is CC(c1ccc2c(cnn2-c2ccc(F)cc2)c1)(c1cccc(N)c1N)C(F)(F)F. The van der Waals surface area contributed by atoms with E-state index in [1.165, 1.54) is 48.7 Å². The molecule has 0 radical (unpaired) electrons. The molecular weight excluding hydrogens is 396 g/mol. The molecule has 0 saturated heterocycles. The molecule has 1 unspecified atom stereocenters. The van der Waals surface area contributed by atoms with Crippen LogP contribution in [-0.2, 0) is 5.41 Å². The largest absolute Gasteiger partial charge is 0.402 e. The van der Waals surface area contributed by atoms with Gasteiger partial charge in [0.15, 0.2) is 0 Å². The Bertz CT molecular complexity index is 1230. The van der Waals surface area contributed by atoms with Gasteiger partial charge in [0.1, 0.15) is 11.2 Å². The van der Waals surface area contributed by atoms with E-state index in [2.05, 4.69) is 5.10 Å². The van der Waals surface area contributed by atoms with Crippen molar-refractivity contribution in [2.45, 2.75) is 18.5 Å². The van der Waals surface area contributed by atoms with Crippen LogP contribution in [0.25, 0.3) is 16.6 Å². The topological polar surface area (TPSA) is 69.9 Å². The highest BCUT2D eigenvalue weighted by Gasteiger charge is 2.54. The first kappa shape index (κ1) is 19.8. The van der Waals surface area contributed by atoms with Gasteiger partial charge in [-0.3, -0.25) is 0 Å². The van der Waals surface area contributed by atoms with Crippen molar-refractivity contribution in [2.75, 3.05) is 11.5 Å². The third-order valence-electron chi connectivity index (χ3n) is 5.46. The number of hydrogen-bond acceptors (Lipinski definition) is 3. The normalized spacial score (nSPS) is 14.0. The number of nitrogens with two attached hydrogens (primary N) is 2. The zero-order valence-corrected chi connectivity index (χ0v) is 15.9. The average Bonchev–Trinajstić information content (AvgIpc) is 3.12. The molecule has 8 heteroatoms. The molecule has 0 aliphatic carbocycles. The molecule has 154 valence electrons. The second-order valence-electron chi connectivity index (χ2n) is 7.24. The van der Waals surface area contributed by atoms with Crippen molar-refractivity contribution < 1.29 is 17.6 Å². The van der Waals surface area contributed by atoms with Crippen LogP contribution in [-0.4, -0.2) is 16.0 Å². The number of halogens is 4. The number of alkyl halides is 3. The lowest BCUT2D eigenvalue weighted by Crippen LogP contribution is -2.41. The molecule has 0 saturated carbocycles. The van der Waals surface area contributed by atoms with E-state index in [9.17, 15) is 17.6 Å². The summed E-state index contributed by atoms with van der Waals surface area (Å²) in [6, 6.07) is 14.3. The Morgan fingerprint density at radius 3 is 2.30 bits per heavy atom. The van der Waals surface area contributed by atoms with E-state index < -0.39 is 17.4 Å². The van der Waals surface area contributed by atoms with Gasteiger partial charge in [0.2, 0.25) is 0 Å². The number of hydrogen-bond donors (Lipinski definition) is 2. The Morgan fingerprint density at radius 2 is 1.63 bits per heavy atom. The third kappa shape index (κ3) is 2.96. The van der Waals surface area contributed by atoms with Gasteiger partial charge in [-0.1, -0.05) is 18.2 Å². The van der Waals surface area contributed by atoms with E-state index >= 15 is 0 Å². The average molecular weight is 414 g/mol. The Hall–Kier alpha value is -3.55. The molecule has 4 rings (SSSR count). The number of fused-ring (bicyclic) bond motifs is 1. The lowest BCUT2D eigenvalue weighted by molar-refractivity contribution is -0.172. The zero-order chi connectivity index (χ0) is 21.7. The van der Waals surface area contributed by atoms with Gasteiger partial charge in [0.05, 0.1) is 28.8 Å². The highest BCUT2D eigenvalue weighted by Crippen LogP contribution is 2.49. The van der Waals surface area contributed by atoms with Crippen LogP contribution in [0, 0.1) is 5.82 Å². The summed E-state index contributed by atoms with van der Waals surface area (Å²) in [7, 11) is 0. The van der Waals surface area contributed by atoms with Crippen LogP contribution in [0.2, 0.25) is 0 Å². The van der Waals surface area contributed by atoms with Gasteiger partial charge in [-0.2, -0.15) is 18.3 Å². The quantitative estimate of drug-likeness (QED) is 0.358. The summed E-state index contributed by atoms with van der Waals surface area (Å²) in [6.45, 7) is 1.09. The molecular formula is C22H18F4N4. The number of benzene rings is 3. The number of rotatable bonds is 3. The maximum atomic E-state index is 14.3. The maximum absolute atomic E-state index is 14.3. The van der Waals surface area contributed by atoms with E-state index in [4.69, 9.17) is 11.5 Å². The first-order chi connectivity index (χ1) is 14.1. The van der Waals surface area contributed by atoms with Crippen molar-refractivity contribution in [1.29, 1.82) is 0 Å². The fourth-order valence-corrected chi connectivity index (χ4v) is 3.62. The van der Waals surface area contributed by atoms with Gasteiger partial charge in [-0.15, -0.1) is 0 Å². The first-order valence-corrected chi connectivity index (χ1v) is 9.08. The molecule has 0 aliphatic heterocycles. The standard InChI is InChI=1S/C22H18F4N4/c1-21(22(24,25)26,17-3-2-4-18(27)20(17)28)14-5-10-19-13(11-14)12-29-30(19)16-8-6-15(23)7-9-16/h2-12H,27-28H2,1H3. The van der Waals surface area contributed by atoms with Crippen LogP contribution in [0.3, 0.4) is 0 Å². The minimum Gasteiger partial charge on any atom is -0.397 e. The van der Waals surface area contributed by atoms with Crippen LogP contribution in [0.4, 0.5) is 28.9 Å². The smallest absolute Gasteiger partial charge is 0.397 e. The Balaban J connectivity index is 1.90. The van der Waals surface area contributed by atoms with Crippen molar-refractivity contribution in [3.63, 3.8) is 0 Å². The number of aromatic nitrogens is 2. The van der Waals surface area contributed by atoms with Crippen LogP contribution >= 0.6 is 0 Å². The number of anilines is 2. The predicted octanol–water partition coefficient (Wildman–Crippen LogP) is 5.20. The van der Waals surface area contributed by atoms with Crippen molar-refractivity contribution >= 4 is 22.3 Å². The lowest BCUT2D eigenvalue weighted by Gasteiger charge is -2.34. The molecule has 1 aromatic heterocycles. The van der Waals surface area contributed by atoms with Crippen molar-refractivity contribution in [2.24, 2.45) is 0 Å². The molecule has 30 heavy (non-hydrogen) atoms. The van der Waals surface area contributed by atoms with Crippen LogP contribution < -0.4 is 11.5 Å². The van der Waals surface area contributed by atoms with Gasteiger partial charge >= 0.3 is 6.18 Å². The number of para-hydroxylation sites is 1. The summed E-state index contributed by atoms with van der Waals surface area (Å²) >= 11 is 0. The molecule has 1 heterocycles. The predicted molar refractivity (Wildman–Crippen MR) is 109 cm³/mol. The molecule has 4 aromatic rings. The summed E-state index contributed by atoms with van der Waals surface area (Å²) in [5, 5.41) is 4.76. The second-order valence-corrected chi connectivity index (χ2v) is 7.24. The molecule has 3 aromatic carbocycles. The van der Waals surface area contributed by atoms with Gasteiger partial charge in [-0.25, -0.2) is 9.07 Å². The lowest BCUT2D eigenvalue weighted by atomic mass is 9.74. The second kappa shape index (κ2) is 6.76. The van der Waals surface area contributed by atoms with Crippen molar-refractivity contribution in [3.8, 4) is 5.69 Å². The first-order valence-electron chi connectivity index (χ1n) is 9.08. The third-order valence-corrected chi connectivity index (χ3v) is 5.46. The Labute approximate surface area is 169 Å². The van der Waals surface area contributed by atoms with E-state index in [0.29, 0.717) is 16.6 Å². The number of nitrogen functional groups attached to an aromatic ring is 2. The molecule has 4 N–H and O–H groups in total. The minimum absolute atomic E-state index is 0.0125. The Morgan fingerprint density at radius 1 is 0.933 bits per heavy atom. The van der Waals surface area contributed by atoms with Crippen LogP contribution in [0.5, 0.6) is 0 Å². The van der Waals surface area contributed by atoms with E-state index in [0.717, 1.165) is 6.92 Å². The molecule has 0 bridgehead atoms. The summed E-state index contributed by atoms with van der Waals surface area (Å²) < 4.78 is 57.8. The maximum Gasteiger partial charge on any atom is 0.402 e. The summed E-state index contributed by atoms with van der Waals surface area (Å²) in [5.41, 5.74) is 10.4. The summed E-state index contributed by atoms with van der Waals surface area (Å²) in [5.74, 6) is -0.391. The monoisotopic (exact) mass is 414 g/mol. The minimum atomic E-state index is -4.63. The van der Waals surface area contributed by atoms with E-state index in [1.807, 2.05) is 0 Å². The van der Waals surface area contributed by atoms with Gasteiger partial charge in [0.25, 0.3) is 0 Å². The van der Waals surface area contributed by atoms with E-state index in [1.54, 1.807) is 22.9 Å². The van der Waals surface area contributed by atoms with Gasteiger partial charge in [0, 0.05) is 5.39 Å². The summed E-state index contributed by atoms with van der Waals surface area (Å²) in [6.07, 6.45) is -3.16. The highest BCUT2D eigenvalue weighted by molar-refractivity contribution is 5.82. The number of nitrogens with zero attached hydrogens (tertiary/aromatic N) is 2. The zero-order valence-electron chi connectivity index (χ0n) is 15.9. The molecule has 4 nitrogen and oxygen atoms in total. The van der Waals surface area contributed by atoms with Crippen molar-refractivity contribution in [1.82, 2.24) is 9.78 Å². The fourth-order valence-electron chi connectivity index (χ4n) is 3.62. The highest BCUT2D eigenvalue weighted by atomic mass is 19.4.